The van der Waals surface area contributed by atoms with E-state index < -0.39 is 0 Å². The molecule has 1 heterocycles. The Kier molecular flexibility index (Phi) is 6.75. The second kappa shape index (κ2) is 9.45. The van der Waals surface area contributed by atoms with Gasteiger partial charge >= 0.3 is 0 Å². The van der Waals surface area contributed by atoms with E-state index in [1.165, 1.54) is 0 Å². The Morgan fingerprint density at radius 1 is 0.897 bits per heavy atom. The summed E-state index contributed by atoms with van der Waals surface area (Å²) in [5.41, 5.74) is 2.81. The van der Waals surface area contributed by atoms with Crippen molar-refractivity contribution in [1.82, 2.24) is 9.80 Å². The number of aryl methyl sites for hydroxylation is 2. The van der Waals surface area contributed by atoms with Gasteiger partial charge in [0.2, 0.25) is 5.91 Å². The van der Waals surface area contributed by atoms with Gasteiger partial charge in [-0.3, -0.25) is 9.59 Å². The molecule has 0 radical (unpaired) electrons. The first kappa shape index (κ1) is 20.7. The summed E-state index contributed by atoms with van der Waals surface area (Å²) in [4.78, 5) is 28.9. The first-order valence-corrected chi connectivity index (χ1v) is 9.86. The smallest absolute Gasteiger partial charge is 0.253 e. The standard InChI is InChI=1S/C23H28N2O4/c1-17-5-4-6-19(15-17)23(27)25-13-11-24(12-14-25)22(26)10-8-18-7-9-20(28-2)21(16-18)29-3/h4-7,9,15-16H,8,10-14H2,1-3H3. The molecule has 6 nitrogen and oxygen atoms in total. The number of carbonyl (C=O) groups excluding carboxylic acids is 2. The summed E-state index contributed by atoms with van der Waals surface area (Å²) in [7, 11) is 3.20. The largest absolute Gasteiger partial charge is 0.493 e. The van der Waals surface area contributed by atoms with Crippen molar-refractivity contribution in [2.45, 2.75) is 19.8 Å². The summed E-state index contributed by atoms with van der Waals surface area (Å²) in [6.07, 6.45) is 1.07. The number of ether oxygens (including phenoxy) is 2. The summed E-state index contributed by atoms with van der Waals surface area (Å²) in [5, 5.41) is 0. The summed E-state index contributed by atoms with van der Waals surface area (Å²) >= 11 is 0. The minimum Gasteiger partial charge on any atom is -0.493 e. The maximum atomic E-state index is 12.7. The molecule has 29 heavy (non-hydrogen) atoms. The number of hydrogen-bond donors (Lipinski definition) is 0. The number of hydrogen-bond acceptors (Lipinski definition) is 4. The molecule has 6 heteroatoms. The molecule has 2 amide bonds. The van der Waals surface area contributed by atoms with Crippen molar-refractivity contribution in [3.05, 3.63) is 59.2 Å². The molecule has 0 spiro atoms. The summed E-state index contributed by atoms with van der Waals surface area (Å²) < 4.78 is 10.6. The average molecular weight is 396 g/mol. The molecule has 0 aromatic heterocycles. The van der Waals surface area contributed by atoms with Crippen molar-refractivity contribution in [3.63, 3.8) is 0 Å². The van der Waals surface area contributed by atoms with Crippen LogP contribution in [-0.4, -0.2) is 62.0 Å². The van der Waals surface area contributed by atoms with E-state index in [4.69, 9.17) is 9.47 Å². The van der Waals surface area contributed by atoms with Gasteiger partial charge in [0.25, 0.3) is 5.91 Å². The van der Waals surface area contributed by atoms with Crippen LogP contribution in [0.2, 0.25) is 0 Å². The molecular weight excluding hydrogens is 368 g/mol. The zero-order valence-corrected chi connectivity index (χ0v) is 17.3. The Morgan fingerprint density at radius 3 is 2.24 bits per heavy atom. The van der Waals surface area contributed by atoms with E-state index in [0.29, 0.717) is 56.1 Å². The molecule has 3 rings (SSSR count). The number of nitrogens with zero attached hydrogens (tertiary/aromatic N) is 2. The van der Waals surface area contributed by atoms with Gasteiger partial charge in [-0.25, -0.2) is 0 Å². The molecule has 154 valence electrons. The van der Waals surface area contributed by atoms with Crippen LogP contribution >= 0.6 is 0 Å². The van der Waals surface area contributed by atoms with Crippen LogP contribution in [0, 0.1) is 6.92 Å². The third-order valence-electron chi connectivity index (χ3n) is 5.26. The molecule has 2 aromatic rings. The molecule has 0 unspecified atom stereocenters. The van der Waals surface area contributed by atoms with Gasteiger partial charge in [-0.1, -0.05) is 23.8 Å². The van der Waals surface area contributed by atoms with Crippen LogP contribution in [0.4, 0.5) is 0 Å². The summed E-state index contributed by atoms with van der Waals surface area (Å²) in [6.45, 7) is 4.25. The second-order valence-electron chi connectivity index (χ2n) is 7.23. The van der Waals surface area contributed by atoms with E-state index in [2.05, 4.69) is 0 Å². The highest BCUT2D eigenvalue weighted by atomic mass is 16.5. The Hall–Kier alpha value is -3.02. The molecule has 0 bridgehead atoms. The third kappa shape index (κ3) is 5.08. The molecular formula is C23H28N2O4. The summed E-state index contributed by atoms with van der Waals surface area (Å²) in [5.74, 6) is 1.49. The minimum absolute atomic E-state index is 0.0335. The van der Waals surface area contributed by atoms with Crippen LogP contribution in [0.3, 0.4) is 0 Å². The fraction of sp³-hybridized carbons (Fsp3) is 0.391. The van der Waals surface area contributed by atoms with Crippen LogP contribution in [0.15, 0.2) is 42.5 Å². The van der Waals surface area contributed by atoms with E-state index in [0.717, 1.165) is 11.1 Å². The number of rotatable bonds is 6. The van der Waals surface area contributed by atoms with Gasteiger partial charge in [-0.05, 0) is 43.2 Å². The van der Waals surface area contributed by atoms with Gasteiger partial charge in [0.05, 0.1) is 14.2 Å². The van der Waals surface area contributed by atoms with Crippen molar-refractivity contribution < 1.29 is 19.1 Å². The van der Waals surface area contributed by atoms with Crippen molar-refractivity contribution in [3.8, 4) is 11.5 Å². The van der Waals surface area contributed by atoms with E-state index in [1.807, 2.05) is 59.2 Å². The van der Waals surface area contributed by atoms with Crippen molar-refractivity contribution in [1.29, 1.82) is 0 Å². The molecule has 1 fully saturated rings. The van der Waals surface area contributed by atoms with Gasteiger partial charge in [0, 0.05) is 38.2 Å². The van der Waals surface area contributed by atoms with Crippen LogP contribution in [0.25, 0.3) is 0 Å². The predicted molar refractivity (Wildman–Crippen MR) is 112 cm³/mol. The molecule has 0 N–H and O–H groups in total. The minimum atomic E-state index is 0.0335. The predicted octanol–water partition coefficient (Wildman–Crippen LogP) is 2.93. The second-order valence-corrected chi connectivity index (χ2v) is 7.23. The van der Waals surface area contributed by atoms with Crippen molar-refractivity contribution in [2.75, 3.05) is 40.4 Å². The van der Waals surface area contributed by atoms with Crippen LogP contribution in [0.5, 0.6) is 11.5 Å². The summed E-state index contributed by atoms with van der Waals surface area (Å²) in [6, 6.07) is 13.3. The highest BCUT2D eigenvalue weighted by Crippen LogP contribution is 2.28. The van der Waals surface area contributed by atoms with Gasteiger partial charge in [0.15, 0.2) is 11.5 Å². The fourth-order valence-electron chi connectivity index (χ4n) is 3.57. The zero-order chi connectivity index (χ0) is 20.8. The number of amides is 2. The number of methoxy groups -OCH3 is 2. The molecule has 1 aliphatic heterocycles. The van der Waals surface area contributed by atoms with Gasteiger partial charge in [-0.15, -0.1) is 0 Å². The van der Waals surface area contributed by atoms with E-state index >= 15 is 0 Å². The SMILES string of the molecule is COc1ccc(CCC(=O)N2CCN(C(=O)c3cccc(C)c3)CC2)cc1OC. The average Bonchev–Trinajstić information content (AvgIpc) is 2.76. The third-order valence-corrected chi connectivity index (χ3v) is 5.26. The van der Waals surface area contributed by atoms with Gasteiger partial charge in [-0.2, -0.15) is 0 Å². The topological polar surface area (TPSA) is 59.1 Å². The normalized spacial score (nSPS) is 13.9. The lowest BCUT2D eigenvalue weighted by molar-refractivity contribution is -0.132. The van der Waals surface area contributed by atoms with Crippen LogP contribution in [0.1, 0.15) is 27.9 Å². The lowest BCUT2D eigenvalue weighted by atomic mass is 10.1. The lowest BCUT2D eigenvalue weighted by Crippen LogP contribution is -2.50. The Labute approximate surface area is 172 Å². The molecule has 0 aliphatic carbocycles. The number of piperazine rings is 1. The van der Waals surface area contributed by atoms with E-state index in [9.17, 15) is 9.59 Å². The highest BCUT2D eigenvalue weighted by molar-refractivity contribution is 5.94. The maximum absolute atomic E-state index is 12.7. The van der Waals surface area contributed by atoms with Gasteiger partial charge in [0.1, 0.15) is 0 Å². The molecule has 0 saturated carbocycles. The van der Waals surface area contributed by atoms with Crippen molar-refractivity contribution in [2.24, 2.45) is 0 Å². The first-order chi connectivity index (χ1) is 14.0. The van der Waals surface area contributed by atoms with Gasteiger partial charge < -0.3 is 19.3 Å². The Morgan fingerprint density at radius 2 is 1.59 bits per heavy atom. The lowest BCUT2D eigenvalue weighted by Gasteiger charge is -2.35. The number of carbonyl (C=O) groups is 2. The Bertz CT molecular complexity index is 873. The van der Waals surface area contributed by atoms with Crippen molar-refractivity contribution >= 4 is 11.8 Å². The van der Waals surface area contributed by atoms with E-state index in [1.54, 1.807) is 14.2 Å². The monoisotopic (exact) mass is 396 g/mol. The highest BCUT2D eigenvalue weighted by Gasteiger charge is 2.24. The fourth-order valence-corrected chi connectivity index (χ4v) is 3.57. The molecule has 1 saturated heterocycles. The molecule has 0 atom stereocenters. The quantitative estimate of drug-likeness (QED) is 0.753. The first-order valence-electron chi connectivity index (χ1n) is 9.86. The zero-order valence-electron chi connectivity index (χ0n) is 17.3. The maximum Gasteiger partial charge on any atom is 0.253 e. The molecule has 1 aliphatic rings. The molecule has 2 aromatic carbocycles. The van der Waals surface area contributed by atoms with Crippen LogP contribution < -0.4 is 9.47 Å². The number of benzene rings is 2. The van der Waals surface area contributed by atoms with E-state index in [-0.39, 0.29) is 11.8 Å². The van der Waals surface area contributed by atoms with Crippen LogP contribution in [-0.2, 0) is 11.2 Å². The Balaban J connectivity index is 1.50.